The molecule has 0 saturated carbocycles. The van der Waals surface area contributed by atoms with Crippen molar-refractivity contribution < 1.29 is 9.57 Å². The van der Waals surface area contributed by atoms with Crippen molar-refractivity contribution in [1.82, 2.24) is 10.2 Å². The first-order chi connectivity index (χ1) is 9.61. The maximum absolute atomic E-state index is 11.7. The molecule has 1 N–H and O–H groups in total. The van der Waals surface area contributed by atoms with Gasteiger partial charge in [0.2, 0.25) is 5.43 Å². The van der Waals surface area contributed by atoms with Gasteiger partial charge < -0.3 is 9.57 Å². The van der Waals surface area contributed by atoms with Gasteiger partial charge in [-0.05, 0) is 19.1 Å². The third-order valence-electron chi connectivity index (χ3n) is 2.44. The minimum absolute atomic E-state index is 0.0907. The number of para-hydroxylation sites is 1. The number of rotatable bonds is 4. The quantitative estimate of drug-likeness (QED) is 0.694. The van der Waals surface area contributed by atoms with Crippen LogP contribution < -0.4 is 10.2 Å². The number of nitrogens with zero attached hydrogens (tertiary/aromatic N) is 2. The predicted molar refractivity (Wildman–Crippen MR) is 75.6 cm³/mol. The van der Waals surface area contributed by atoms with Crippen LogP contribution in [0.15, 0.2) is 40.3 Å². The van der Waals surface area contributed by atoms with E-state index < -0.39 is 5.43 Å². The summed E-state index contributed by atoms with van der Waals surface area (Å²) in [7, 11) is 1.46. The first kappa shape index (κ1) is 14.1. The molecule has 20 heavy (non-hydrogen) atoms. The summed E-state index contributed by atoms with van der Waals surface area (Å²) >= 11 is 5.63. The van der Waals surface area contributed by atoms with E-state index in [2.05, 4.69) is 15.4 Å². The van der Waals surface area contributed by atoms with Crippen LogP contribution in [0.5, 0.6) is 11.6 Å². The summed E-state index contributed by atoms with van der Waals surface area (Å²) in [4.78, 5) is 16.4. The van der Waals surface area contributed by atoms with E-state index in [9.17, 15) is 4.79 Å². The highest BCUT2D eigenvalue weighted by molar-refractivity contribution is 6.29. The number of benzene rings is 1. The molecule has 0 radical (unpaired) electrons. The highest BCUT2D eigenvalue weighted by Crippen LogP contribution is 2.22. The summed E-state index contributed by atoms with van der Waals surface area (Å²) in [6.45, 7) is 1.77. The minimum atomic E-state index is -0.412. The molecule has 0 spiro atoms. The molecule has 0 aliphatic heterocycles. The zero-order valence-electron chi connectivity index (χ0n) is 10.9. The molecule has 0 saturated heterocycles. The largest absolute Gasteiger partial charge is 0.434 e. The van der Waals surface area contributed by atoms with Crippen molar-refractivity contribution >= 4 is 17.3 Å². The number of halogens is 1. The number of aromatic amines is 1. The van der Waals surface area contributed by atoms with Gasteiger partial charge in [-0.1, -0.05) is 28.9 Å². The summed E-state index contributed by atoms with van der Waals surface area (Å²) in [5.74, 6) is 0.359. The Bertz CT molecular complexity index is 697. The maximum atomic E-state index is 11.7. The average Bonchev–Trinajstić information content (AvgIpc) is 2.43. The molecule has 6 nitrogen and oxygen atoms in total. The van der Waals surface area contributed by atoms with E-state index in [1.165, 1.54) is 13.2 Å². The Morgan fingerprint density at radius 1 is 1.40 bits per heavy atom. The van der Waals surface area contributed by atoms with E-state index >= 15 is 0 Å². The SMILES string of the molecule is CON=C(C)c1ccccc1Oc1n[nH]c(Cl)cc1=O. The Kier molecular flexibility index (Phi) is 4.37. The molecular formula is C13H12ClN3O3. The van der Waals surface area contributed by atoms with E-state index in [4.69, 9.17) is 21.2 Å². The van der Waals surface area contributed by atoms with Crippen molar-refractivity contribution in [3.63, 3.8) is 0 Å². The van der Waals surface area contributed by atoms with Crippen molar-refractivity contribution in [2.24, 2.45) is 5.16 Å². The second-order valence-electron chi connectivity index (χ2n) is 3.84. The number of aromatic nitrogens is 2. The molecular weight excluding hydrogens is 282 g/mol. The minimum Gasteiger partial charge on any atom is -0.434 e. The molecule has 0 aliphatic rings. The van der Waals surface area contributed by atoms with Crippen molar-refractivity contribution in [2.45, 2.75) is 6.92 Å². The van der Waals surface area contributed by atoms with Crippen LogP contribution in [0, 0.1) is 0 Å². The third-order valence-corrected chi connectivity index (χ3v) is 2.64. The molecule has 0 atom stereocenters. The van der Waals surface area contributed by atoms with Crippen LogP contribution in [0.4, 0.5) is 0 Å². The summed E-state index contributed by atoms with van der Waals surface area (Å²) in [6, 6.07) is 8.32. The molecule has 0 unspecified atom stereocenters. The molecule has 1 aromatic heterocycles. The summed E-state index contributed by atoms with van der Waals surface area (Å²) in [6.07, 6.45) is 0. The van der Waals surface area contributed by atoms with E-state index in [1.54, 1.807) is 25.1 Å². The lowest BCUT2D eigenvalue weighted by atomic mass is 10.1. The Morgan fingerprint density at radius 3 is 2.85 bits per heavy atom. The Balaban J connectivity index is 2.39. The van der Waals surface area contributed by atoms with Gasteiger partial charge >= 0.3 is 0 Å². The fourth-order valence-corrected chi connectivity index (χ4v) is 1.73. The van der Waals surface area contributed by atoms with Crippen molar-refractivity contribution in [1.29, 1.82) is 0 Å². The van der Waals surface area contributed by atoms with Gasteiger partial charge in [0.25, 0.3) is 5.88 Å². The highest BCUT2D eigenvalue weighted by Gasteiger charge is 2.11. The molecule has 2 rings (SSSR count). The topological polar surface area (TPSA) is 76.6 Å². The van der Waals surface area contributed by atoms with Crippen LogP contribution >= 0.6 is 11.6 Å². The van der Waals surface area contributed by atoms with Crippen LogP contribution in [0.2, 0.25) is 5.15 Å². The molecule has 2 aromatic rings. The predicted octanol–water partition coefficient (Wildman–Crippen LogP) is 2.59. The molecule has 7 heteroatoms. The van der Waals surface area contributed by atoms with Crippen LogP contribution in [-0.2, 0) is 4.84 Å². The van der Waals surface area contributed by atoms with Crippen LogP contribution in [0.1, 0.15) is 12.5 Å². The molecule has 1 aromatic carbocycles. The fourth-order valence-electron chi connectivity index (χ4n) is 1.59. The molecule has 0 aliphatic carbocycles. The first-order valence-electron chi connectivity index (χ1n) is 5.72. The van der Waals surface area contributed by atoms with Crippen molar-refractivity contribution in [3.8, 4) is 11.6 Å². The van der Waals surface area contributed by atoms with Crippen LogP contribution in [-0.4, -0.2) is 23.0 Å². The lowest BCUT2D eigenvalue weighted by molar-refractivity contribution is 0.213. The van der Waals surface area contributed by atoms with Gasteiger partial charge in [0, 0.05) is 11.6 Å². The lowest BCUT2D eigenvalue weighted by Gasteiger charge is -2.09. The summed E-state index contributed by atoms with van der Waals surface area (Å²) < 4.78 is 5.51. The normalized spacial score (nSPS) is 11.2. The van der Waals surface area contributed by atoms with Gasteiger partial charge in [-0.15, -0.1) is 5.10 Å². The standard InChI is InChI=1S/C13H12ClN3O3/c1-8(17-19-2)9-5-3-4-6-11(9)20-13-10(18)7-12(14)15-16-13/h3-7H,1-2H3,(H,15,18). The van der Waals surface area contributed by atoms with Crippen LogP contribution in [0.25, 0.3) is 0 Å². The van der Waals surface area contributed by atoms with Crippen molar-refractivity contribution in [2.75, 3.05) is 7.11 Å². The maximum Gasteiger partial charge on any atom is 0.285 e. The van der Waals surface area contributed by atoms with Gasteiger partial charge in [0.05, 0.1) is 5.71 Å². The summed E-state index contributed by atoms with van der Waals surface area (Å²) in [5, 5.41) is 10.2. The number of nitrogens with one attached hydrogen (secondary N) is 1. The van der Waals surface area contributed by atoms with Crippen LogP contribution in [0.3, 0.4) is 0 Å². The number of hydrogen-bond donors (Lipinski definition) is 1. The highest BCUT2D eigenvalue weighted by atomic mass is 35.5. The number of oxime groups is 1. The second-order valence-corrected chi connectivity index (χ2v) is 4.25. The van der Waals surface area contributed by atoms with E-state index in [0.29, 0.717) is 17.0 Å². The molecule has 0 bridgehead atoms. The zero-order valence-corrected chi connectivity index (χ0v) is 11.6. The number of H-pyrrole nitrogens is 1. The van der Waals surface area contributed by atoms with E-state index in [0.717, 1.165) is 0 Å². The molecule has 104 valence electrons. The Morgan fingerprint density at radius 2 is 2.15 bits per heavy atom. The lowest BCUT2D eigenvalue weighted by Crippen LogP contribution is -2.09. The smallest absolute Gasteiger partial charge is 0.285 e. The molecule has 0 fully saturated rings. The number of ether oxygens (including phenoxy) is 1. The Hall–Kier alpha value is -2.34. The van der Waals surface area contributed by atoms with Gasteiger partial charge in [-0.3, -0.25) is 9.89 Å². The van der Waals surface area contributed by atoms with Crippen molar-refractivity contribution in [3.05, 3.63) is 51.3 Å². The second kappa shape index (κ2) is 6.21. The van der Waals surface area contributed by atoms with Gasteiger partial charge in [0.15, 0.2) is 0 Å². The Labute approximate surface area is 120 Å². The zero-order chi connectivity index (χ0) is 14.5. The van der Waals surface area contributed by atoms with Gasteiger partial charge in [0.1, 0.15) is 18.0 Å². The monoisotopic (exact) mass is 293 g/mol. The average molecular weight is 294 g/mol. The molecule has 0 amide bonds. The fraction of sp³-hybridized carbons (Fsp3) is 0.154. The van der Waals surface area contributed by atoms with Gasteiger partial charge in [-0.25, -0.2) is 0 Å². The number of hydrogen-bond acceptors (Lipinski definition) is 5. The van der Waals surface area contributed by atoms with E-state index in [-0.39, 0.29) is 11.0 Å². The summed E-state index contributed by atoms with van der Waals surface area (Å²) in [5.41, 5.74) is 0.906. The van der Waals surface area contributed by atoms with E-state index in [1.807, 2.05) is 6.07 Å². The molecule has 1 heterocycles. The third kappa shape index (κ3) is 3.16. The first-order valence-corrected chi connectivity index (χ1v) is 6.10. The van der Waals surface area contributed by atoms with Gasteiger partial charge in [-0.2, -0.15) is 0 Å².